The number of nitrogens with one attached hydrogen (secondary N) is 1. The van der Waals surface area contributed by atoms with E-state index < -0.39 is 11.0 Å². The van der Waals surface area contributed by atoms with Crippen molar-refractivity contribution >= 4 is 46.2 Å². The Balaban J connectivity index is 2.20. The summed E-state index contributed by atoms with van der Waals surface area (Å²) in [5.41, 5.74) is 2.31. The summed E-state index contributed by atoms with van der Waals surface area (Å²) in [6.45, 7) is 6.74. The number of allylic oxidation sites excluding steroid dienone is 1. The maximum atomic E-state index is 13.5. The van der Waals surface area contributed by atoms with Gasteiger partial charge in [0.05, 0.1) is 16.5 Å². The highest BCUT2D eigenvalue weighted by molar-refractivity contribution is 7.80. The number of carbonyl (C=O) groups excluding carboxylic acids is 1. The van der Waals surface area contributed by atoms with Gasteiger partial charge in [0.15, 0.2) is 5.11 Å². The first kappa shape index (κ1) is 22.7. The molecule has 9 heteroatoms. The Kier molecular flexibility index (Phi) is 6.92. The van der Waals surface area contributed by atoms with Gasteiger partial charge in [-0.15, -0.1) is 0 Å². The summed E-state index contributed by atoms with van der Waals surface area (Å²) in [5, 5.41) is 15.1. The molecule has 1 N–H and O–H groups in total. The minimum atomic E-state index is -0.642. The van der Waals surface area contributed by atoms with Gasteiger partial charge in [0.25, 0.3) is 11.6 Å². The zero-order chi connectivity index (χ0) is 22.7. The average Bonchev–Trinajstić information content (AvgIpc) is 2.75. The van der Waals surface area contributed by atoms with E-state index in [0.29, 0.717) is 35.0 Å². The van der Waals surface area contributed by atoms with E-state index in [-0.39, 0.29) is 16.6 Å². The van der Waals surface area contributed by atoms with Crippen molar-refractivity contribution in [3.05, 3.63) is 80.5 Å². The quantitative estimate of drug-likeness (QED) is 0.379. The highest BCUT2D eigenvalue weighted by Crippen LogP contribution is 2.37. The number of likely N-dealkylation sites (N-methyl/N-ethyl adjacent to an activating group) is 1. The van der Waals surface area contributed by atoms with Gasteiger partial charge in [-0.05, 0) is 56.8 Å². The van der Waals surface area contributed by atoms with Crippen LogP contribution >= 0.6 is 23.8 Å². The van der Waals surface area contributed by atoms with Gasteiger partial charge in [0, 0.05) is 30.5 Å². The van der Waals surface area contributed by atoms with Crippen LogP contribution < -0.4 is 10.2 Å². The summed E-state index contributed by atoms with van der Waals surface area (Å²) < 4.78 is 0. The molecule has 31 heavy (non-hydrogen) atoms. The third-order valence-electron chi connectivity index (χ3n) is 5.28. The van der Waals surface area contributed by atoms with Crippen molar-refractivity contribution < 1.29 is 9.72 Å². The number of amides is 1. The lowest BCUT2D eigenvalue weighted by atomic mass is 9.93. The fraction of sp³-hybridized carbons (Fsp3) is 0.273. The number of halogens is 1. The molecule has 1 aliphatic rings. The lowest BCUT2D eigenvalue weighted by Crippen LogP contribution is -2.50. The third kappa shape index (κ3) is 4.40. The largest absolute Gasteiger partial charge is 0.351 e. The Morgan fingerprint density at radius 2 is 1.87 bits per heavy atom. The number of anilines is 1. The first-order valence-corrected chi connectivity index (χ1v) is 10.7. The molecule has 3 rings (SSSR count). The molecule has 162 valence electrons. The van der Waals surface area contributed by atoms with Crippen LogP contribution in [0.3, 0.4) is 0 Å². The normalized spacial score (nSPS) is 16.2. The second-order valence-electron chi connectivity index (χ2n) is 7.00. The number of nitro benzene ring substituents is 1. The lowest BCUT2D eigenvalue weighted by Gasteiger charge is -2.39. The van der Waals surface area contributed by atoms with Gasteiger partial charge >= 0.3 is 0 Å². The average molecular weight is 459 g/mol. The first-order valence-electron chi connectivity index (χ1n) is 9.89. The van der Waals surface area contributed by atoms with Crippen LogP contribution in [0, 0.1) is 10.1 Å². The molecule has 1 atom stereocenters. The van der Waals surface area contributed by atoms with Crippen molar-refractivity contribution in [3.8, 4) is 0 Å². The zero-order valence-electron chi connectivity index (χ0n) is 17.5. The molecule has 0 unspecified atom stereocenters. The molecular weight excluding hydrogens is 436 g/mol. The van der Waals surface area contributed by atoms with Crippen LogP contribution in [0.4, 0.5) is 11.4 Å². The summed E-state index contributed by atoms with van der Waals surface area (Å²) in [6, 6.07) is 13.4. The van der Waals surface area contributed by atoms with E-state index >= 15 is 0 Å². The number of rotatable bonds is 6. The number of hydrogen-bond acceptors (Lipinski definition) is 4. The fourth-order valence-electron chi connectivity index (χ4n) is 3.69. The third-order valence-corrected chi connectivity index (χ3v) is 5.90. The van der Waals surface area contributed by atoms with Crippen molar-refractivity contribution in [2.24, 2.45) is 0 Å². The Morgan fingerprint density at radius 1 is 1.23 bits per heavy atom. The molecule has 0 fully saturated rings. The van der Waals surface area contributed by atoms with E-state index in [1.165, 1.54) is 12.1 Å². The predicted octanol–water partition coefficient (Wildman–Crippen LogP) is 4.83. The molecular formula is C22H23ClN4O3S. The molecule has 1 aliphatic heterocycles. The SMILES string of the molecule is CCN(CC)C(=O)C1=C(C)N(c2ccccc2)C(=S)N[C@H]1c1ccc(Cl)c([N+](=O)[O-])c1. The minimum absolute atomic E-state index is 0.0374. The van der Waals surface area contributed by atoms with Crippen molar-refractivity contribution in [3.63, 3.8) is 0 Å². The van der Waals surface area contributed by atoms with Crippen molar-refractivity contribution in [1.82, 2.24) is 10.2 Å². The maximum Gasteiger partial charge on any atom is 0.288 e. The van der Waals surface area contributed by atoms with Crippen LogP contribution in [0.2, 0.25) is 5.02 Å². The minimum Gasteiger partial charge on any atom is -0.351 e. The van der Waals surface area contributed by atoms with Crippen LogP contribution in [0.25, 0.3) is 0 Å². The zero-order valence-corrected chi connectivity index (χ0v) is 19.0. The predicted molar refractivity (Wildman–Crippen MR) is 126 cm³/mol. The standard InChI is InChI=1S/C22H23ClN4O3S/c1-4-25(5-2)21(28)19-14(3)26(16-9-7-6-8-10-16)22(31)24-20(19)15-11-12-17(23)18(13-15)27(29)30/h6-13,20H,4-5H2,1-3H3,(H,24,31)/t20-/m0/s1. The van der Waals surface area contributed by atoms with E-state index in [9.17, 15) is 14.9 Å². The Labute approximate surface area is 191 Å². The lowest BCUT2D eigenvalue weighted by molar-refractivity contribution is -0.384. The second-order valence-corrected chi connectivity index (χ2v) is 7.79. The fourth-order valence-corrected chi connectivity index (χ4v) is 4.24. The van der Waals surface area contributed by atoms with Gasteiger partial charge in [-0.2, -0.15) is 0 Å². The molecule has 0 bridgehead atoms. The summed E-state index contributed by atoms with van der Waals surface area (Å²) in [4.78, 5) is 27.9. The van der Waals surface area contributed by atoms with Gasteiger partial charge in [-0.1, -0.05) is 35.9 Å². The summed E-state index contributed by atoms with van der Waals surface area (Å²) in [6.07, 6.45) is 0. The van der Waals surface area contributed by atoms with Crippen LogP contribution in [0.5, 0.6) is 0 Å². The Hall–Kier alpha value is -2.97. The summed E-state index contributed by atoms with van der Waals surface area (Å²) in [7, 11) is 0. The van der Waals surface area contributed by atoms with E-state index in [2.05, 4.69) is 5.32 Å². The van der Waals surface area contributed by atoms with Gasteiger partial charge in [0.2, 0.25) is 0 Å². The molecule has 0 aromatic heterocycles. The van der Waals surface area contributed by atoms with E-state index in [4.69, 9.17) is 23.8 Å². The number of hydrogen-bond donors (Lipinski definition) is 1. The molecule has 2 aromatic rings. The van der Waals surface area contributed by atoms with Crippen molar-refractivity contribution in [1.29, 1.82) is 0 Å². The first-order chi connectivity index (χ1) is 14.8. The van der Waals surface area contributed by atoms with Gasteiger partial charge in [0.1, 0.15) is 5.02 Å². The topological polar surface area (TPSA) is 78.7 Å². The van der Waals surface area contributed by atoms with Gasteiger partial charge < -0.3 is 10.2 Å². The Bertz CT molecular complexity index is 1050. The maximum absolute atomic E-state index is 13.5. The molecule has 0 saturated carbocycles. The molecule has 7 nitrogen and oxygen atoms in total. The molecule has 0 spiro atoms. The monoisotopic (exact) mass is 458 g/mol. The number of nitrogens with zero attached hydrogens (tertiary/aromatic N) is 3. The van der Waals surface area contributed by atoms with E-state index in [1.54, 1.807) is 11.0 Å². The molecule has 1 amide bonds. The molecule has 1 heterocycles. The number of nitro groups is 1. The molecule has 0 saturated heterocycles. The number of para-hydroxylation sites is 1. The summed E-state index contributed by atoms with van der Waals surface area (Å²) in [5.74, 6) is -0.152. The van der Waals surface area contributed by atoms with Crippen LogP contribution in [0.1, 0.15) is 32.4 Å². The Morgan fingerprint density at radius 3 is 2.45 bits per heavy atom. The number of benzene rings is 2. The van der Waals surface area contributed by atoms with Gasteiger partial charge in [-0.25, -0.2) is 0 Å². The number of carbonyl (C=O) groups is 1. The van der Waals surface area contributed by atoms with E-state index in [1.807, 2.05) is 56.0 Å². The van der Waals surface area contributed by atoms with Gasteiger partial charge in [-0.3, -0.25) is 19.8 Å². The van der Waals surface area contributed by atoms with E-state index in [0.717, 1.165) is 5.69 Å². The van der Waals surface area contributed by atoms with Crippen LogP contribution in [0.15, 0.2) is 59.8 Å². The molecule has 0 radical (unpaired) electrons. The van der Waals surface area contributed by atoms with Crippen molar-refractivity contribution in [2.75, 3.05) is 18.0 Å². The molecule has 0 aliphatic carbocycles. The smallest absolute Gasteiger partial charge is 0.288 e. The highest BCUT2D eigenvalue weighted by atomic mass is 35.5. The van der Waals surface area contributed by atoms with Crippen molar-refractivity contribution in [2.45, 2.75) is 26.8 Å². The highest BCUT2D eigenvalue weighted by Gasteiger charge is 2.36. The van der Waals surface area contributed by atoms with Crippen LogP contribution in [-0.4, -0.2) is 33.9 Å². The molecule has 2 aromatic carbocycles. The summed E-state index contributed by atoms with van der Waals surface area (Å²) >= 11 is 11.6. The van der Waals surface area contributed by atoms with Crippen LogP contribution in [-0.2, 0) is 4.79 Å². The second kappa shape index (κ2) is 9.45. The number of thiocarbonyl (C=S) groups is 1.